The van der Waals surface area contributed by atoms with E-state index >= 15 is 0 Å². The smallest absolute Gasteiger partial charge is 0.350 e. The Labute approximate surface area is 215 Å². The van der Waals surface area contributed by atoms with Crippen LogP contribution in [-0.2, 0) is 13.1 Å². The highest BCUT2D eigenvalue weighted by molar-refractivity contribution is 6.31. The van der Waals surface area contributed by atoms with E-state index in [-0.39, 0.29) is 52.3 Å². The fraction of sp³-hybridized carbons (Fsp3) is 0.185. The van der Waals surface area contributed by atoms with Crippen molar-refractivity contribution in [1.29, 1.82) is 0 Å². The Morgan fingerprint density at radius 2 is 1.78 bits per heavy atom. The van der Waals surface area contributed by atoms with Gasteiger partial charge in [0, 0.05) is 16.6 Å². The highest BCUT2D eigenvalue weighted by Gasteiger charge is 2.20. The van der Waals surface area contributed by atoms with Gasteiger partial charge in [-0.05, 0) is 55.3 Å². The summed E-state index contributed by atoms with van der Waals surface area (Å²) in [6, 6.07) is 17.8. The average Bonchev–Trinajstić information content (AvgIpc) is 3.19. The molecule has 5 rings (SSSR count). The van der Waals surface area contributed by atoms with Gasteiger partial charge in [-0.1, -0.05) is 48.0 Å². The zero-order valence-electron chi connectivity index (χ0n) is 20.1. The number of hydrogen-bond acceptors (Lipinski definition) is 4. The zero-order valence-corrected chi connectivity index (χ0v) is 20.9. The van der Waals surface area contributed by atoms with Crippen LogP contribution in [0.25, 0.3) is 16.7 Å². The Morgan fingerprint density at radius 1 is 1.03 bits per heavy atom. The molecule has 0 atom stereocenters. The zero-order chi connectivity index (χ0) is 26.3. The third-order valence-electron chi connectivity index (χ3n) is 5.98. The number of aromatic nitrogens is 4. The first-order valence-electron chi connectivity index (χ1n) is 11.7. The summed E-state index contributed by atoms with van der Waals surface area (Å²) < 4.78 is 17.5. The van der Waals surface area contributed by atoms with E-state index in [0.717, 1.165) is 11.6 Å². The quantitative estimate of drug-likeness (QED) is 0.369. The van der Waals surface area contributed by atoms with E-state index in [0.29, 0.717) is 11.1 Å². The molecule has 1 amide bonds. The molecule has 2 aromatic heterocycles. The van der Waals surface area contributed by atoms with Crippen LogP contribution in [0, 0.1) is 5.82 Å². The molecule has 0 aliphatic rings. The highest BCUT2D eigenvalue weighted by atomic mass is 35.5. The minimum Gasteiger partial charge on any atom is -0.350 e. The van der Waals surface area contributed by atoms with E-state index in [4.69, 9.17) is 11.6 Å². The second-order valence-electron chi connectivity index (χ2n) is 9.05. The van der Waals surface area contributed by atoms with Gasteiger partial charge in [-0.15, -0.1) is 5.10 Å². The number of benzene rings is 3. The van der Waals surface area contributed by atoms with Crippen molar-refractivity contribution in [3.05, 3.63) is 115 Å². The second-order valence-corrected chi connectivity index (χ2v) is 9.46. The van der Waals surface area contributed by atoms with E-state index in [1.807, 2.05) is 44.2 Å². The van der Waals surface area contributed by atoms with Gasteiger partial charge in [0.2, 0.25) is 5.78 Å². The van der Waals surface area contributed by atoms with Gasteiger partial charge in [0.1, 0.15) is 5.82 Å². The largest absolute Gasteiger partial charge is 0.352 e. The van der Waals surface area contributed by atoms with Crippen LogP contribution in [0.3, 0.4) is 0 Å². The number of nitrogens with one attached hydrogen (secondary N) is 1. The molecule has 0 unspecified atom stereocenters. The molecule has 0 saturated heterocycles. The molecule has 3 aromatic carbocycles. The molecule has 2 heterocycles. The highest BCUT2D eigenvalue weighted by Crippen LogP contribution is 2.19. The molecule has 188 valence electrons. The van der Waals surface area contributed by atoms with Gasteiger partial charge in [0.25, 0.3) is 11.5 Å². The minimum absolute atomic E-state index is 0.0336. The molecule has 10 heteroatoms. The molecule has 0 aliphatic heterocycles. The van der Waals surface area contributed by atoms with Gasteiger partial charge in [0.15, 0.2) is 0 Å². The predicted octanol–water partition coefficient (Wildman–Crippen LogP) is 3.84. The molecule has 0 aliphatic carbocycles. The lowest BCUT2D eigenvalue weighted by molar-refractivity contribution is 0.0943. The standard InChI is InChI=1S/C27H23ClFN5O3/c1-16(2)30-24(35)18-9-11-21-23(12-18)34-26(32(25(21)36)14-17-6-4-3-5-7-17)31-33(27(34)37)15-19-8-10-20(29)13-22(19)28/h3-13,16H,14-15H2,1-2H3,(H,30,35). The van der Waals surface area contributed by atoms with Crippen molar-refractivity contribution >= 4 is 34.2 Å². The van der Waals surface area contributed by atoms with Gasteiger partial charge in [-0.3, -0.25) is 14.2 Å². The first-order valence-corrected chi connectivity index (χ1v) is 12.1. The normalized spacial score (nSPS) is 11.5. The van der Waals surface area contributed by atoms with Crippen molar-refractivity contribution in [3.8, 4) is 0 Å². The number of nitrogens with zero attached hydrogens (tertiary/aromatic N) is 4. The summed E-state index contributed by atoms with van der Waals surface area (Å²) >= 11 is 6.20. The summed E-state index contributed by atoms with van der Waals surface area (Å²) in [4.78, 5) is 39.9. The Balaban J connectivity index is 1.76. The van der Waals surface area contributed by atoms with Crippen LogP contribution in [0.5, 0.6) is 0 Å². The maximum Gasteiger partial charge on any atom is 0.352 e. The number of rotatable bonds is 6. The Morgan fingerprint density at radius 3 is 2.49 bits per heavy atom. The molecule has 0 saturated carbocycles. The number of halogens is 2. The third kappa shape index (κ3) is 4.65. The van der Waals surface area contributed by atoms with Crippen LogP contribution in [-0.4, -0.2) is 30.7 Å². The third-order valence-corrected chi connectivity index (χ3v) is 6.33. The van der Waals surface area contributed by atoms with E-state index in [1.54, 1.807) is 12.1 Å². The van der Waals surface area contributed by atoms with Crippen LogP contribution in [0.4, 0.5) is 4.39 Å². The number of fused-ring (bicyclic) bond motifs is 3. The van der Waals surface area contributed by atoms with Gasteiger partial charge in [-0.2, -0.15) is 0 Å². The molecule has 8 nitrogen and oxygen atoms in total. The summed E-state index contributed by atoms with van der Waals surface area (Å²) in [6.45, 7) is 3.83. The van der Waals surface area contributed by atoms with Crippen LogP contribution in [0.15, 0.2) is 76.3 Å². The summed E-state index contributed by atoms with van der Waals surface area (Å²) in [5.74, 6) is -0.700. The van der Waals surface area contributed by atoms with Crippen molar-refractivity contribution in [2.45, 2.75) is 33.0 Å². The fourth-order valence-electron chi connectivity index (χ4n) is 4.23. The molecule has 37 heavy (non-hydrogen) atoms. The Hall–Kier alpha value is -4.24. The van der Waals surface area contributed by atoms with E-state index in [2.05, 4.69) is 10.4 Å². The van der Waals surface area contributed by atoms with Gasteiger partial charge in [-0.25, -0.2) is 18.3 Å². The molecule has 0 fully saturated rings. The monoisotopic (exact) mass is 519 g/mol. The van der Waals surface area contributed by atoms with Crippen LogP contribution in [0.2, 0.25) is 5.02 Å². The number of carbonyl (C=O) groups excluding carboxylic acids is 1. The van der Waals surface area contributed by atoms with E-state index < -0.39 is 11.5 Å². The molecule has 5 aromatic rings. The van der Waals surface area contributed by atoms with Crippen molar-refractivity contribution in [1.82, 2.24) is 24.1 Å². The molecule has 0 spiro atoms. The first kappa shape index (κ1) is 24.5. The lowest BCUT2D eigenvalue weighted by atomic mass is 10.1. The number of hydrogen-bond donors (Lipinski definition) is 1. The summed E-state index contributed by atoms with van der Waals surface area (Å²) in [5, 5.41) is 7.72. The van der Waals surface area contributed by atoms with E-state index in [1.165, 1.54) is 31.8 Å². The Kier molecular flexibility index (Phi) is 6.39. The van der Waals surface area contributed by atoms with Crippen molar-refractivity contribution in [3.63, 3.8) is 0 Å². The molecule has 1 N–H and O–H groups in total. The summed E-state index contributed by atoms with van der Waals surface area (Å²) in [5.41, 5.74) is 1.04. The Bertz CT molecular complexity index is 1770. The number of amides is 1. The summed E-state index contributed by atoms with van der Waals surface area (Å²) in [6.07, 6.45) is 0. The maximum atomic E-state index is 13.6. The first-order chi connectivity index (χ1) is 17.7. The fourth-order valence-corrected chi connectivity index (χ4v) is 4.45. The van der Waals surface area contributed by atoms with Crippen LogP contribution < -0.4 is 16.6 Å². The van der Waals surface area contributed by atoms with Crippen LogP contribution >= 0.6 is 11.6 Å². The summed E-state index contributed by atoms with van der Waals surface area (Å²) in [7, 11) is 0. The van der Waals surface area contributed by atoms with Gasteiger partial charge < -0.3 is 5.32 Å². The lowest BCUT2D eigenvalue weighted by Crippen LogP contribution is -2.30. The maximum absolute atomic E-state index is 13.6. The molecule has 0 radical (unpaired) electrons. The van der Waals surface area contributed by atoms with Crippen molar-refractivity contribution in [2.24, 2.45) is 0 Å². The van der Waals surface area contributed by atoms with Crippen molar-refractivity contribution in [2.75, 3.05) is 0 Å². The van der Waals surface area contributed by atoms with Crippen molar-refractivity contribution < 1.29 is 9.18 Å². The van der Waals surface area contributed by atoms with E-state index in [9.17, 15) is 18.8 Å². The average molecular weight is 520 g/mol. The molecular weight excluding hydrogens is 497 g/mol. The van der Waals surface area contributed by atoms with Gasteiger partial charge >= 0.3 is 5.69 Å². The topological polar surface area (TPSA) is 90.4 Å². The molecular formula is C27H23ClFN5O3. The van der Waals surface area contributed by atoms with Gasteiger partial charge in [0.05, 0.1) is 24.0 Å². The van der Waals surface area contributed by atoms with Crippen LogP contribution in [0.1, 0.15) is 35.3 Å². The molecule has 0 bridgehead atoms. The predicted molar refractivity (Wildman–Crippen MR) is 140 cm³/mol. The SMILES string of the molecule is CC(C)NC(=O)c1ccc2c(=O)n(Cc3ccccc3)c3nn(Cc4ccc(F)cc4Cl)c(=O)n3c2c1. The number of carbonyl (C=O) groups is 1. The minimum atomic E-state index is -0.524. The lowest BCUT2D eigenvalue weighted by Gasteiger charge is -2.12. The second kappa shape index (κ2) is 9.67.